The molecule has 0 spiro atoms. The second-order valence-electron chi connectivity index (χ2n) is 9.51. The minimum atomic E-state index is 0.226. The van der Waals surface area contributed by atoms with E-state index in [1.54, 1.807) is 0 Å². The molecule has 4 heteroatoms. The van der Waals surface area contributed by atoms with Crippen LogP contribution in [-0.4, -0.2) is 6.61 Å². The number of nitrogens with zero attached hydrogens (tertiary/aromatic N) is 1. The van der Waals surface area contributed by atoms with E-state index in [4.69, 9.17) is 4.74 Å². The van der Waals surface area contributed by atoms with Crippen LogP contribution in [0.5, 0.6) is 5.75 Å². The molecule has 0 fully saturated rings. The Morgan fingerprint density at radius 3 is 2.26 bits per heavy atom. The Labute approximate surface area is 216 Å². The summed E-state index contributed by atoms with van der Waals surface area (Å²) in [6, 6.07) is 33.8. The fraction of sp³-hybridized carbons (Fsp3) is 0.200. The van der Waals surface area contributed by atoms with Crippen molar-refractivity contribution in [2.24, 2.45) is 5.92 Å². The first kappa shape index (κ1) is 20.8. The van der Waals surface area contributed by atoms with Gasteiger partial charge in [0.1, 0.15) is 5.75 Å². The van der Waals surface area contributed by atoms with Crippen molar-refractivity contribution in [2.45, 2.75) is 24.4 Å². The van der Waals surface area contributed by atoms with Crippen molar-refractivity contribution in [3.63, 3.8) is 0 Å². The summed E-state index contributed by atoms with van der Waals surface area (Å²) in [6.45, 7) is 0.694. The number of hydrogen-bond acceptors (Lipinski definition) is 2. The maximum Gasteiger partial charge on any atom is 0.138 e. The van der Waals surface area contributed by atoms with Gasteiger partial charge < -0.3 is 9.64 Å². The third-order valence-corrected chi connectivity index (χ3v) is 8.79. The van der Waals surface area contributed by atoms with Gasteiger partial charge in [0, 0.05) is 27.6 Å². The summed E-state index contributed by atoms with van der Waals surface area (Å²) < 4.78 is 8.59. The number of anilines is 1. The quantitative estimate of drug-likeness (QED) is 0.240. The highest BCUT2D eigenvalue weighted by atomic mass is 79.9. The van der Waals surface area contributed by atoms with E-state index in [2.05, 4.69) is 128 Å². The van der Waals surface area contributed by atoms with Crippen molar-refractivity contribution in [3.8, 4) is 5.75 Å². The molecule has 0 saturated carbocycles. The zero-order chi connectivity index (χ0) is 22.8. The first-order valence-electron chi connectivity index (χ1n) is 11.8. The molecule has 2 nitrogen and oxygen atoms in total. The first-order chi connectivity index (χ1) is 16.7. The number of para-hydroxylation sites is 1. The summed E-state index contributed by atoms with van der Waals surface area (Å²) >= 11 is 7.54. The van der Waals surface area contributed by atoms with E-state index in [9.17, 15) is 0 Å². The average Bonchev–Trinajstić information content (AvgIpc) is 3.26. The Hall–Kier alpha value is -2.56. The third-order valence-electron chi connectivity index (χ3n) is 7.75. The second kappa shape index (κ2) is 8.00. The number of rotatable bonds is 2. The predicted octanol–water partition coefficient (Wildman–Crippen LogP) is 8.21. The van der Waals surface area contributed by atoms with Crippen LogP contribution in [0.15, 0.2) is 99.9 Å². The molecule has 168 valence electrons. The molecular weight excluding hydrogens is 550 g/mol. The highest BCUT2D eigenvalue weighted by Crippen LogP contribution is 2.61. The third kappa shape index (κ3) is 3.04. The lowest BCUT2D eigenvalue weighted by molar-refractivity contribution is 0.165. The number of halogens is 2. The molecule has 0 bridgehead atoms. The van der Waals surface area contributed by atoms with Crippen LogP contribution in [0.4, 0.5) is 5.69 Å². The van der Waals surface area contributed by atoms with Crippen molar-refractivity contribution in [1.29, 1.82) is 0 Å². The summed E-state index contributed by atoms with van der Waals surface area (Å²) in [6.07, 6.45) is 1.03. The van der Waals surface area contributed by atoms with Crippen molar-refractivity contribution >= 4 is 37.5 Å². The van der Waals surface area contributed by atoms with E-state index < -0.39 is 0 Å². The Kier molecular flexibility index (Phi) is 4.89. The Balaban J connectivity index is 1.51. The van der Waals surface area contributed by atoms with Gasteiger partial charge in [0.25, 0.3) is 0 Å². The number of hydrogen-bond donors (Lipinski definition) is 0. The average molecular weight is 573 g/mol. The summed E-state index contributed by atoms with van der Waals surface area (Å²) in [5.41, 5.74) is 8.33. The van der Waals surface area contributed by atoms with Crippen LogP contribution in [0, 0.1) is 5.92 Å². The van der Waals surface area contributed by atoms with Gasteiger partial charge in [0.2, 0.25) is 0 Å². The zero-order valence-corrected chi connectivity index (χ0v) is 21.7. The minimum absolute atomic E-state index is 0.226. The van der Waals surface area contributed by atoms with Crippen molar-refractivity contribution in [2.75, 3.05) is 11.5 Å². The van der Waals surface area contributed by atoms with E-state index in [0.29, 0.717) is 18.6 Å². The fourth-order valence-electron chi connectivity index (χ4n) is 6.50. The molecule has 34 heavy (non-hydrogen) atoms. The number of ether oxygens (including phenoxy) is 1. The fourth-order valence-corrected chi connectivity index (χ4v) is 7.87. The van der Waals surface area contributed by atoms with Crippen LogP contribution in [0.2, 0.25) is 0 Å². The van der Waals surface area contributed by atoms with Crippen LogP contribution in [0.1, 0.15) is 45.8 Å². The maximum atomic E-state index is 6.50. The Bertz CT molecular complexity index is 1390. The molecule has 4 aromatic carbocycles. The lowest BCUT2D eigenvalue weighted by atomic mass is 9.70. The van der Waals surface area contributed by atoms with Crippen molar-refractivity contribution < 1.29 is 4.74 Å². The molecule has 7 rings (SSSR count). The van der Waals surface area contributed by atoms with Gasteiger partial charge >= 0.3 is 0 Å². The Morgan fingerprint density at radius 2 is 1.50 bits per heavy atom. The molecular formula is C30H23Br2NO. The van der Waals surface area contributed by atoms with E-state index in [0.717, 1.165) is 21.1 Å². The number of benzene rings is 4. The van der Waals surface area contributed by atoms with Crippen LogP contribution in [-0.2, 0) is 6.42 Å². The lowest BCUT2D eigenvalue weighted by Crippen LogP contribution is -2.46. The molecule has 0 aliphatic carbocycles. The summed E-state index contributed by atoms with van der Waals surface area (Å²) in [5.74, 6) is 1.58. The molecule has 0 saturated heterocycles. The lowest BCUT2D eigenvalue weighted by Gasteiger charge is -2.51. The van der Waals surface area contributed by atoms with Crippen molar-refractivity contribution in [1.82, 2.24) is 0 Å². The SMILES string of the molecule is Brc1cc(Br)c2c(c1)C1C(CO2)C(c2ccccc2)c2cccc3c2N1[C@H](c1ccccc1)C3. The van der Waals surface area contributed by atoms with Crippen LogP contribution in [0.3, 0.4) is 0 Å². The molecule has 3 aliphatic heterocycles. The minimum Gasteiger partial charge on any atom is -0.492 e. The Morgan fingerprint density at radius 1 is 0.765 bits per heavy atom. The summed E-state index contributed by atoms with van der Waals surface area (Å²) in [7, 11) is 0. The molecule has 0 amide bonds. The van der Waals surface area contributed by atoms with Crippen LogP contribution < -0.4 is 9.64 Å². The van der Waals surface area contributed by atoms with E-state index in [1.165, 1.54) is 33.5 Å². The highest BCUT2D eigenvalue weighted by Gasteiger charge is 2.51. The van der Waals surface area contributed by atoms with Gasteiger partial charge in [-0.25, -0.2) is 0 Å². The smallest absolute Gasteiger partial charge is 0.138 e. The standard InChI is InChI=1S/C30H23Br2NO/c31-21-15-23-29-24(17-34-30(23)25(32)16-21)27(19-10-5-2-6-11-19)22-13-7-12-20-14-26(33(29)28(20)22)18-8-3-1-4-9-18/h1-13,15-16,24,26-27,29H,14,17H2/t24?,26-,27?,29?/m0/s1. The molecule has 0 radical (unpaired) electrons. The maximum absolute atomic E-state index is 6.50. The van der Waals surface area contributed by atoms with Gasteiger partial charge in [-0.3, -0.25) is 0 Å². The monoisotopic (exact) mass is 571 g/mol. The zero-order valence-electron chi connectivity index (χ0n) is 18.5. The largest absolute Gasteiger partial charge is 0.492 e. The first-order valence-corrected chi connectivity index (χ1v) is 13.4. The van der Waals surface area contributed by atoms with E-state index in [-0.39, 0.29) is 12.0 Å². The molecule has 0 N–H and O–H groups in total. The molecule has 4 atom stereocenters. The van der Waals surface area contributed by atoms with E-state index in [1.807, 2.05) is 0 Å². The predicted molar refractivity (Wildman–Crippen MR) is 144 cm³/mol. The normalized spacial score (nSPS) is 24.1. The van der Waals surface area contributed by atoms with Gasteiger partial charge in [0.05, 0.1) is 23.2 Å². The van der Waals surface area contributed by atoms with Gasteiger partial charge in [-0.1, -0.05) is 94.8 Å². The van der Waals surface area contributed by atoms with Gasteiger partial charge in [-0.15, -0.1) is 0 Å². The van der Waals surface area contributed by atoms with Crippen molar-refractivity contribution in [3.05, 3.63) is 128 Å². The summed E-state index contributed by atoms with van der Waals surface area (Å²) in [5, 5.41) is 0. The molecule has 3 heterocycles. The molecule has 4 aromatic rings. The van der Waals surface area contributed by atoms with Crippen LogP contribution in [0.25, 0.3) is 0 Å². The van der Waals surface area contributed by atoms with Gasteiger partial charge in [-0.05, 0) is 56.7 Å². The van der Waals surface area contributed by atoms with Gasteiger partial charge in [-0.2, -0.15) is 0 Å². The second-order valence-corrected chi connectivity index (χ2v) is 11.3. The number of fused-ring (bicyclic) bond motifs is 4. The highest BCUT2D eigenvalue weighted by molar-refractivity contribution is 9.11. The molecule has 0 aromatic heterocycles. The molecule has 3 aliphatic rings. The van der Waals surface area contributed by atoms with Gasteiger partial charge in [0.15, 0.2) is 0 Å². The van der Waals surface area contributed by atoms with E-state index >= 15 is 0 Å². The molecule has 3 unspecified atom stereocenters. The summed E-state index contributed by atoms with van der Waals surface area (Å²) in [4.78, 5) is 2.73. The van der Waals surface area contributed by atoms with Crippen LogP contribution >= 0.6 is 31.9 Å². The topological polar surface area (TPSA) is 12.5 Å².